The Morgan fingerprint density at radius 2 is 1.06 bits per heavy atom. The van der Waals surface area contributed by atoms with Crippen molar-refractivity contribution in [3.05, 3.63) is 60.7 Å². The fourth-order valence-corrected chi connectivity index (χ4v) is 1.21. The van der Waals surface area contributed by atoms with Gasteiger partial charge in [-0.25, -0.2) is 4.79 Å². The Morgan fingerprint density at radius 1 is 0.765 bits per heavy atom. The molecule has 0 aliphatic rings. The molecule has 3 N–H and O–H groups in total. The highest BCUT2D eigenvalue weighted by Crippen LogP contribution is 2.14. The maximum Gasteiger partial charge on any atom is 0.503 e. The van der Waals surface area contributed by atoms with Crippen molar-refractivity contribution in [2.45, 2.75) is 0 Å². The third-order valence-corrected chi connectivity index (χ3v) is 1.84. The van der Waals surface area contributed by atoms with Gasteiger partial charge in [0.25, 0.3) is 0 Å². The lowest BCUT2D eigenvalue weighted by Gasteiger charge is -2.04. The number of hydrogen-bond donors (Lipinski definition) is 3. The van der Waals surface area contributed by atoms with Gasteiger partial charge in [0.1, 0.15) is 0 Å². The van der Waals surface area contributed by atoms with Crippen LogP contribution in [0, 0.1) is 0 Å². The lowest BCUT2D eigenvalue weighted by atomic mass is 10.3. The van der Waals surface area contributed by atoms with E-state index < -0.39 is 6.16 Å². The highest BCUT2D eigenvalue weighted by Gasteiger charge is 1.89. The molecule has 0 aliphatic carbocycles. The molecule has 4 nitrogen and oxygen atoms in total. The zero-order valence-corrected chi connectivity index (χ0v) is 9.08. The molecule has 0 saturated heterocycles. The molecule has 0 unspecified atom stereocenters. The molecule has 2 rings (SSSR count). The molecule has 0 heterocycles. The quantitative estimate of drug-likeness (QED) is 0.737. The van der Waals surface area contributed by atoms with Gasteiger partial charge in [-0.3, -0.25) is 0 Å². The predicted octanol–water partition coefficient (Wildman–Crippen LogP) is 3.65. The first-order valence-corrected chi connectivity index (χ1v) is 4.97. The van der Waals surface area contributed by atoms with Gasteiger partial charge >= 0.3 is 6.16 Å². The molecule has 0 saturated carbocycles. The minimum atomic E-state index is -1.83. The molecule has 2 aromatic rings. The summed E-state index contributed by atoms with van der Waals surface area (Å²) in [6, 6.07) is 20.3. The first-order valence-electron chi connectivity index (χ1n) is 4.97. The molecule has 0 aromatic heterocycles. The maximum absolute atomic E-state index is 8.56. The molecular weight excluding hydrogens is 218 g/mol. The Hall–Kier alpha value is -2.49. The molecule has 0 atom stereocenters. The Labute approximate surface area is 99.2 Å². The van der Waals surface area contributed by atoms with Crippen molar-refractivity contribution in [1.82, 2.24) is 0 Å². The van der Waals surface area contributed by atoms with Gasteiger partial charge < -0.3 is 15.5 Å². The number of carbonyl (C=O) groups is 1. The largest absolute Gasteiger partial charge is 0.503 e. The zero-order valence-electron chi connectivity index (χ0n) is 9.08. The molecule has 0 bridgehead atoms. The van der Waals surface area contributed by atoms with Crippen LogP contribution in [0.5, 0.6) is 0 Å². The third-order valence-electron chi connectivity index (χ3n) is 1.84. The van der Waals surface area contributed by atoms with Crippen molar-refractivity contribution < 1.29 is 15.0 Å². The molecule has 0 spiro atoms. The molecule has 4 heteroatoms. The number of anilines is 2. The van der Waals surface area contributed by atoms with E-state index in [0.717, 1.165) is 11.4 Å². The van der Waals surface area contributed by atoms with E-state index in [0.29, 0.717) is 0 Å². The Balaban J connectivity index is 0.000000317. The first-order chi connectivity index (χ1) is 8.18. The Morgan fingerprint density at radius 3 is 1.35 bits per heavy atom. The number of benzene rings is 2. The van der Waals surface area contributed by atoms with Gasteiger partial charge in [0.05, 0.1) is 0 Å². The summed E-state index contributed by atoms with van der Waals surface area (Å²) in [7, 11) is 0. The van der Waals surface area contributed by atoms with E-state index in [4.69, 9.17) is 15.0 Å². The van der Waals surface area contributed by atoms with E-state index in [9.17, 15) is 0 Å². The molecule has 0 fully saturated rings. The summed E-state index contributed by atoms with van der Waals surface area (Å²) in [6.45, 7) is 0. The van der Waals surface area contributed by atoms with Crippen molar-refractivity contribution in [2.75, 3.05) is 5.32 Å². The predicted molar refractivity (Wildman–Crippen MR) is 66.8 cm³/mol. The van der Waals surface area contributed by atoms with Gasteiger partial charge in [-0.2, -0.15) is 0 Å². The number of para-hydroxylation sites is 2. The highest BCUT2D eigenvalue weighted by molar-refractivity contribution is 5.58. The van der Waals surface area contributed by atoms with Gasteiger partial charge in [-0.1, -0.05) is 36.4 Å². The third kappa shape index (κ3) is 5.84. The monoisotopic (exact) mass is 231 g/mol. The topological polar surface area (TPSA) is 69.6 Å². The first kappa shape index (κ1) is 12.6. The van der Waals surface area contributed by atoms with Crippen LogP contribution in [0.1, 0.15) is 0 Å². The van der Waals surface area contributed by atoms with Crippen LogP contribution >= 0.6 is 0 Å². The van der Waals surface area contributed by atoms with Crippen LogP contribution < -0.4 is 5.32 Å². The fraction of sp³-hybridized carbons (Fsp3) is 0. The maximum atomic E-state index is 8.56. The number of hydrogen-bond acceptors (Lipinski definition) is 2. The summed E-state index contributed by atoms with van der Waals surface area (Å²) in [6.07, 6.45) is -1.83. The molecule has 2 aromatic carbocycles. The van der Waals surface area contributed by atoms with Gasteiger partial charge in [-0.05, 0) is 24.3 Å². The van der Waals surface area contributed by atoms with Gasteiger partial charge in [0.15, 0.2) is 0 Å². The summed E-state index contributed by atoms with van der Waals surface area (Å²) >= 11 is 0. The van der Waals surface area contributed by atoms with Crippen LogP contribution in [0.2, 0.25) is 0 Å². The second-order valence-corrected chi connectivity index (χ2v) is 3.14. The fourth-order valence-electron chi connectivity index (χ4n) is 1.21. The van der Waals surface area contributed by atoms with Crippen LogP contribution in [0.3, 0.4) is 0 Å². The molecular formula is C13H13NO3. The molecule has 88 valence electrons. The molecule has 0 amide bonds. The number of nitrogens with one attached hydrogen (secondary N) is 1. The van der Waals surface area contributed by atoms with E-state index in [-0.39, 0.29) is 0 Å². The molecule has 0 radical (unpaired) electrons. The van der Waals surface area contributed by atoms with Crippen molar-refractivity contribution in [3.8, 4) is 0 Å². The Kier molecular flexibility index (Phi) is 5.10. The van der Waals surface area contributed by atoms with Crippen molar-refractivity contribution in [3.63, 3.8) is 0 Å². The van der Waals surface area contributed by atoms with Crippen LogP contribution in [-0.2, 0) is 0 Å². The highest BCUT2D eigenvalue weighted by atomic mass is 16.6. The van der Waals surface area contributed by atoms with Gasteiger partial charge in [0.2, 0.25) is 0 Å². The zero-order chi connectivity index (χ0) is 12.5. The molecule has 0 aliphatic heterocycles. The van der Waals surface area contributed by atoms with Crippen LogP contribution in [0.25, 0.3) is 0 Å². The minimum absolute atomic E-state index is 1.12. The van der Waals surface area contributed by atoms with E-state index in [1.165, 1.54) is 0 Å². The van der Waals surface area contributed by atoms with Gasteiger partial charge in [0, 0.05) is 11.4 Å². The van der Waals surface area contributed by atoms with Crippen molar-refractivity contribution >= 4 is 17.5 Å². The summed E-state index contributed by atoms with van der Waals surface area (Å²) < 4.78 is 0. The number of carboxylic acid groups (broad SMARTS) is 2. The second kappa shape index (κ2) is 6.90. The summed E-state index contributed by atoms with van der Waals surface area (Å²) in [5.74, 6) is 0. The van der Waals surface area contributed by atoms with E-state index in [2.05, 4.69) is 5.32 Å². The lowest BCUT2D eigenvalue weighted by Crippen LogP contribution is -1.87. The smallest absolute Gasteiger partial charge is 0.450 e. The minimum Gasteiger partial charge on any atom is -0.450 e. The normalized spacial score (nSPS) is 8.71. The van der Waals surface area contributed by atoms with Crippen LogP contribution in [-0.4, -0.2) is 16.4 Å². The Bertz CT molecular complexity index is 401. The summed E-state index contributed by atoms with van der Waals surface area (Å²) in [5.41, 5.74) is 2.24. The summed E-state index contributed by atoms with van der Waals surface area (Å²) in [4.78, 5) is 8.56. The molecule has 17 heavy (non-hydrogen) atoms. The van der Waals surface area contributed by atoms with Gasteiger partial charge in [-0.15, -0.1) is 0 Å². The van der Waals surface area contributed by atoms with Crippen LogP contribution in [0.4, 0.5) is 16.2 Å². The average Bonchev–Trinajstić information content (AvgIpc) is 2.31. The van der Waals surface area contributed by atoms with Crippen molar-refractivity contribution in [2.24, 2.45) is 0 Å². The van der Waals surface area contributed by atoms with Crippen LogP contribution in [0.15, 0.2) is 60.7 Å². The van der Waals surface area contributed by atoms with E-state index >= 15 is 0 Å². The van der Waals surface area contributed by atoms with E-state index in [1.807, 2.05) is 60.7 Å². The lowest BCUT2D eigenvalue weighted by molar-refractivity contribution is 0.137. The number of rotatable bonds is 2. The second-order valence-electron chi connectivity index (χ2n) is 3.14. The summed E-state index contributed by atoms with van der Waals surface area (Å²) in [5, 5.41) is 17.2. The van der Waals surface area contributed by atoms with E-state index in [1.54, 1.807) is 0 Å². The van der Waals surface area contributed by atoms with Crippen molar-refractivity contribution in [1.29, 1.82) is 0 Å². The SMILES string of the molecule is O=C(O)O.c1ccc(Nc2ccccc2)cc1. The average molecular weight is 231 g/mol. The standard InChI is InChI=1S/C12H11N.CH2O3/c1-3-7-11(8-4-1)13-12-9-5-2-6-10-12;2-1(3)4/h1-10,13H;(H2,2,3,4).